The first-order valence-corrected chi connectivity index (χ1v) is 11.2. The summed E-state index contributed by atoms with van der Waals surface area (Å²) in [5.74, 6) is 0.160. The quantitative estimate of drug-likeness (QED) is 0.318. The number of nitrogens with zero attached hydrogens (tertiary/aromatic N) is 1. The van der Waals surface area contributed by atoms with E-state index in [2.05, 4.69) is 0 Å². The van der Waals surface area contributed by atoms with Gasteiger partial charge in [-0.15, -0.1) is 0 Å². The van der Waals surface area contributed by atoms with Gasteiger partial charge < -0.3 is 24.2 Å². The number of hydrogen-bond donors (Lipinski definition) is 1. The van der Waals surface area contributed by atoms with Crippen LogP contribution in [0.4, 0.5) is 0 Å². The van der Waals surface area contributed by atoms with Crippen molar-refractivity contribution in [1.82, 2.24) is 4.90 Å². The number of amides is 1. The second-order valence-electron chi connectivity index (χ2n) is 7.83. The van der Waals surface area contributed by atoms with E-state index in [0.717, 1.165) is 19.3 Å². The molecule has 1 aliphatic heterocycles. The molecule has 1 fully saturated rings. The average Bonchev–Trinajstić information content (AvgIpc) is 3.10. The van der Waals surface area contributed by atoms with Crippen LogP contribution in [-0.4, -0.2) is 49.1 Å². The van der Waals surface area contributed by atoms with Gasteiger partial charge in [-0.3, -0.25) is 9.59 Å². The number of aliphatic hydroxyl groups is 1. The maximum atomic E-state index is 13.1. The van der Waals surface area contributed by atoms with Crippen LogP contribution in [0.5, 0.6) is 17.2 Å². The van der Waals surface area contributed by atoms with Crippen molar-refractivity contribution in [1.29, 1.82) is 0 Å². The van der Waals surface area contributed by atoms with Crippen molar-refractivity contribution in [2.24, 2.45) is 0 Å². The molecular weight excluding hydrogens is 422 g/mol. The molecule has 1 atom stereocenters. The minimum Gasteiger partial charge on any atom is -0.507 e. The summed E-state index contributed by atoms with van der Waals surface area (Å²) in [4.78, 5) is 27.5. The fraction of sp³-hybridized carbons (Fsp3) is 0.385. The topological polar surface area (TPSA) is 85.3 Å². The summed E-state index contributed by atoms with van der Waals surface area (Å²) >= 11 is 0. The molecule has 33 heavy (non-hydrogen) atoms. The van der Waals surface area contributed by atoms with E-state index in [1.807, 2.05) is 13.8 Å². The lowest BCUT2D eigenvalue weighted by Gasteiger charge is -2.25. The number of benzene rings is 2. The Morgan fingerprint density at radius 3 is 2.27 bits per heavy atom. The molecule has 0 radical (unpaired) electrons. The molecule has 3 rings (SSSR count). The van der Waals surface area contributed by atoms with Crippen LogP contribution in [0.2, 0.25) is 0 Å². The van der Waals surface area contributed by atoms with Crippen molar-refractivity contribution >= 4 is 17.4 Å². The first kappa shape index (κ1) is 24.2. The van der Waals surface area contributed by atoms with E-state index in [-0.39, 0.29) is 11.3 Å². The van der Waals surface area contributed by atoms with Gasteiger partial charge in [-0.2, -0.15) is 0 Å². The van der Waals surface area contributed by atoms with Crippen LogP contribution in [0.25, 0.3) is 5.76 Å². The smallest absolute Gasteiger partial charge is 0.295 e. The van der Waals surface area contributed by atoms with Crippen molar-refractivity contribution in [3.8, 4) is 17.2 Å². The predicted octanol–water partition coefficient (Wildman–Crippen LogP) is 4.71. The molecule has 1 N–H and O–H groups in total. The molecule has 7 nitrogen and oxygen atoms in total. The molecule has 0 saturated carbocycles. The van der Waals surface area contributed by atoms with Gasteiger partial charge in [0.1, 0.15) is 11.5 Å². The number of methoxy groups -OCH3 is 2. The molecule has 0 spiro atoms. The Morgan fingerprint density at radius 1 is 0.970 bits per heavy atom. The maximum Gasteiger partial charge on any atom is 0.295 e. The van der Waals surface area contributed by atoms with E-state index < -0.39 is 17.7 Å². The van der Waals surface area contributed by atoms with Crippen molar-refractivity contribution in [2.75, 3.05) is 27.4 Å². The number of hydrogen-bond acceptors (Lipinski definition) is 6. The van der Waals surface area contributed by atoms with Crippen molar-refractivity contribution in [3.05, 3.63) is 59.2 Å². The molecule has 1 heterocycles. The lowest BCUT2D eigenvalue weighted by atomic mass is 9.95. The number of likely N-dealkylation sites (tertiary alicyclic amines) is 1. The van der Waals surface area contributed by atoms with E-state index in [1.165, 1.54) is 12.0 Å². The number of ketones is 1. The number of ether oxygens (including phenoxy) is 3. The van der Waals surface area contributed by atoms with Crippen molar-refractivity contribution in [2.45, 2.75) is 39.2 Å². The minimum absolute atomic E-state index is 0.0607. The van der Waals surface area contributed by atoms with E-state index in [4.69, 9.17) is 14.2 Å². The molecular formula is C26H31NO6. The number of Topliss-reactive ketones (excluding diaryl/α,β-unsaturated/α-hetero) is 1. The van der Waals surface area contributed by atoms with Gasteiger partial charge in [0.15, 0.2) is 11.5 Å². The van der Waals surface area contributed by atoms with Crippen molar-refractivity contribution < 1.29 is 28.9 Å². The summed E-state index contributed by atoms with van der Waals surface area (Å²) < 4.78 is 16.4. The third-order valence-corrected chi connectivity index (χ3v) is 5.62. The Morgan fingerprint density at radius 2 is 1.67 bits per heavy atom. The Bertz CT molecular complexity index is 1030. The average molecular weight is 454 g/mol. The Hall–Kier alpha value is -3.48. The predicted molar refractivity (Wildman–Crippen MR) is 126 cm³/mol. The maximum absolute atomic E-state index is 13.1. The lowest BCUT2D eigenvalue weighted by molar-refractivity contribution is -0.139. The first-order chi connectivity index (χ1) is 16.0. The van der Waals surface area contributed by atoms with Crippen LogP contribution in [0.15, 0.2) is 48.0 Å². The van der Waals surface area contributed by atoms with Gasteiger partial charge in [0, 0.05) is 12.1 Å². The zero-order valence-corrected chi connectivity index (χ0v) is 19.6. The van der Waals surface area contributed by atoms with Gasteiger partial charge in [0.05, 0.1) is 32.4 Å². The van der Waals surface area contributed by atoms with Gasteiger partial charge in [-0.05, 0) is 54.8 Å². The number of carbonyl (C=O) groups excluding carboxylic acids is 2. The van der Waals surface area contributed by atoms with Gasteiger partial charge in [0.2, 0.25) is 0 Å². The highest BCUT2D eigenvalue weighted by molar-refractivity contribution is 6.46. The first-order valence-electron chi connectivity index (χ1n) is 11.2. The van der Waals surface area contributed by atoms with Crippen molar-refractivity contribution in [3.63, 3.8) is 0 Å². The molecule has 7 heteroatoms. The van der Waals surface area contributed by atoms with Crippen LogP contribution in [0.3, 0.4) is 0 Å². The second kappa shape index (κ2) is 10.9. The van der Waals surface area contributed by atoms with Crippen LogP contribution in [-0.2, 0) is 9.59 Å². The summed E-state index contributed by atoms with van der Waals surface area (Å²) in [6.07, 6.45) is 2.48. The SMILES string of the molecule is CCCCN1C(=O)C(=O)/C(=C(\O)c2ccc(OCCC)cc2)C1c1ccc(OC)c(OC)c1. The molecule has 0 bridgehead atoms. The Kier molecular flexibility index (Phi) is 7.98. The van der Waals surface area contributed by atoms with Gasteiger partial charge >= 0.3 is 0 Å². The van der Waals surface area contributed by atoms with Crippen LogP contribution >= 0.6 is 0 Å². The largest absolute Gasteiger partial charge is 0.507 e. The standard InChI is InChI=1S/C26H31NO6/c1-5-7-14-27-23(18-10-13-20(31-3)21(16-18)32-4)22(25(29)26(27)30)24(28)17-8-11-19(12-9-17)33-15-6-2/h8-13,16,23,28H,5-7,14-15H2,1-4H3/b24-22-. The lowest BCUT2D eigenvalue weighted by Crippen LogP contribution is -2.30. The molecule has 1 saturated heterocycles. The second-order valence-corrected chi connectivity index (χ2v) is 7.83. The monoisotopic (exact) mass is 453 g/mol. The summed E-state index contributed by atoms with van der Waals surface area (Å²) in [6.45, 7) is 5.03. The zero-order chi connectivity index (χ0) is 24.0. The van der Waals surface area contributed by atoms with Crippen LogP contribution in [0, 0.1) is 0 Å². The summed E-state index contributed by atoms with van der Waals surface area (Å²) in [5, 5.41) is 11.2. The number of carbonyl (C=O) groups is 2. The van der Waals surface area contributed by atoms with E-state index in [1.54, 1.807) is 49.6 Å². The fourth-order valence-corrected chi connectivity index (χ4v) is 3.89. The molecule has 1 unspecified atom stereocenters. The van der Waals surface area contributed by atoms with Crippen LogP contribution in [0.1, 0.15) is 50.3 Å². The van der Waals surface area contributed by atoms with E-state index in [9.17, 15) is 14.7 Å². The number of unbranched alkanes of at least 4 members (excludes halogenated alkanes) is 1. The Balaban J connectivity index is 2.10. The molecule has 1 aliphatic rings. The van der Waals surface area contributed by atoms with Gasteiger partial charge in [0.25, 0.3) is 11.7 Å². The minimum atomic E-state index is -0.729. The highest BCUT2D eigenvalue weighted by Gasteiger charge is 2.46. The summed E-state index contributed by atoms with van der Waals surface area (Å²) in [7, 11) is 3.07. The summed E-state index contributed by atoms with van der Waals surface area (Å²) in [5.41, 5.74) is 1.16. The molecule has 1 amide bonds. The highest BCUT2D eigenvalue weighted by atomic mass is 16.5. The molecule has 176 valence electrons. The third-order valence-electron chi connectivity index (χ3n) is 5.62. The fourth-order valence-electron chi connectivity index (χ4n) is 3.89. The van der Waals surface area contributed by atoms with E-state index in [0.29, 0.717) is 41.5 Å². The molecule has 2 aromatic carbocycles. The van der Waals surface area contributed by atoms with Crippen LogP contribution < -0.4 is 14.2 Å². The molecule has 2 aromatic rings. The zero-order valence-electron chi connectivity index (χ0n) is 19.6. The third kappa shape index (κ3) is 4.97. The van der Waals surface area contributed by atoms with E-state index >= 15 is 0 Å². The van der Waals surface area contributed by atoms with Gasteiger partial charge in [-0.25, -0.2) is 0 Å². The Labute approximate surface area is 194 Å². The number of aliphatic hydroxyl groups excluding tert-OH is 1. The normalized spacial score (nSPS) is 17.3. The highest BCUT2D eigenvalue weighted by Crippen LogP contribution is 2.42. The summed E-state index contributed by atoms with van der Waals surface area (Å²) in [6, 6.07) is 11.4. The number of rotatable bonds is 10. The van der Waals surface area contributed by atoms with Gasteiger partial charge in [-0.1, -0.05) is 26.3 Å². The molecule has 0 aromatic heterocycles. The molecule has 0 aliphatic carbocycles.